The second-order valence-corrected chi connectivity index (χ2v) is 4.88. The first kappa shape index (κ1) is 12.1. The van der Waals surface area contributed by atoms with Crippen molar-refractivity contribution in [2.24, 2.45) is 0 Å². The van der Waals surface area contributed by atoms with Crippen molar-refractivity contribution < 1.29 is 4.39 Å². The molecule has 17 heavy (non-hydrogen) atoms. The summed E-state index contributed by atoms with van der Waals surface area (Å²) in [7, 11) is 1.93. The van der Waals surface area contributed by atoms with E-state index in [-0.39, 0.29) is 5.82 Å². The van der Waals surface area contributed by atoms with Gasteiger partial charge in [0, 0.05) is 16.3 Å². The fourth-order valence-electron chi connectivity index (χ4n) is 1.52. The zero-order valence-electron chi connectivity index (χ0n) is 9.61. The zero-order chi connectivity index (χ0) is 12.1. The van der Waals surface area contributed by atoms with E-state index in [4.69, 9.17) is 0 Å². The van der Waals surface area contributed by atoms with Gasteiger partial charge < -0.3 is 5.32 Å². The Balaban J connectivity index is 2.05. The lowest BCUT2D eigenvalue weighted by Crippen LogP contribution is -2.04. The molecule has 2 aromatic rings. The third kappa shape index (κ3) is 3.58. The van der Waals surface area contributed by atoms with E-state index in [0.717, 1.165) is 16.3 Å². The third-order valence-corrected chi connectivity index (χ3v) is 3.37. The van der Waals surface area contributed by atoms with Gasteiger partial charge in [-0.3, -0.25) is 0 Å². The summed E-state index contributed by atoms with van der Waals surface area (Å²) < 4.78 is 12.7. The molecule has 1 N–H and O–H groups in total. The lowest BCUT2D eigenvalue weighted by atomic mass is 10.2. The first-order valence-corrected chi connectivity index (χ1v) is 6.26. The minimum atomic E-state index is -0.196. The fourth-order valence-corrected chi connectivity index (χ4v) is 2.33. The molecule has 0 unspecified atom stereocenters. The van der Waals surface area contributed by atoms with Crippen molar-refractivity contribution in [3.63, 3.8) is 0 Å². The molecule has 0 spiro atoms. The molecule has 0 saturated carbocycles. The van der Waals surface area contributed by atoms with Crippen LogP contribution < -0.4 is 5.32 Å². The van der Waals surface area contributed by atoms with Crippen LogP contribution in [0.5, 0.6) is 0 Å². The van der Waals surface area contributed by atoms with Crippen LogP contribution in [0.25, 0.3) is 0 Å². The Bertz CT molecular complexity index is 465. The number of halogens is 1. The quantitative estimate of drug-likeness (QED) is 0.884. The van der Waals surface area contributed by atoms with Gasteiger partial charge in [-0.05, 0) is 49.0 Å². The van der Waals surface area contributed by atoms with Gasteiger partial charge in [-0.15, -0.1) is 0 Å². The van der Waals surface area contributed by atoms with Gasteiger partial charge in [0.1, 0.15) is 5.82 Å². The molecule has 0 aliphatic heterocycles. The molecule has 0 atom stereocenters. The summed E-state index contributed by atoms with van der Waals surface area (Å²) in [6, 6.07) is 14.9. The summed E-state index contributed by atoms with van der Waals surface area (Å²) >= 11 is 1.64. The minimum absolute atomic E-state index is 0.196. The van der Waals surface area contributed by atoms with Crippen molar-refractivity contribution in [3.8, 4) is 0 Å². The minimum Gasteiger partial charge on any atom is -0.316 e. The topological polar surface area (TPSA) is 12.0 Å². The molecular weight excluding hydrogens is 233 g/mol. The van der Waals surface area contributed by atoms with E-state index in [2.05, 4.69) is 29.6 Å². The SMILES string of the molecule is CNCc1ccc(Sc2ccc(F)cc2)cc1. The molecule has 1 nitrogen and oxygen atoms in total. The van der Waals surface area contributed by atoms with Crippen LogP contribution >= 0.6 is 11.8 Å². The van der Waals surface area contributed by atoms with Crippen molar-refractivity contribution in [1.29, 1.82) is 0 Å². The van der Waals surface area contributed by atoms with Crippen LogP contribution in [0.15, 0.2) is 58.3 Å². The molecule has 88 valence electrons. The first-order chi connectivity index (χ1) is 8.28. The van der Waals surface area contributed by atoms with Crippen molar-refractivity contribution in [2.75, 3.05) is 7.05 Å². The molecule has 0 saturated heterocycles. The highest BCUT2D eigenvalue weighted by Gasteiger charge is 1.98. The van der Waals surface area contributed by atoms with Crippen LogP contribution in [-0.2, 0) is 6.54 Å². The first-order valence-electron chi connectivity index (χ1n) is 5.45. The summed E-state index contributed by atoms with van der Waals surface area (Å²) in [6.45, 7) is 0.876. The van der Waals surface area contributed by atoms with Crippen molar-refractivity contribution in [1.82, 2.24) is 5.32 Å². The van der Waals surface area contributed by atoms with Gasteiger partial charge in [-0.25, -0.2) is 4.39 Å². The second kappa shape index (κ2) is 5.84. The molecule has 0 bridgehead atoms. The summed E-state index contributed by atoms with van der Waals surface area (Å²) in [6.07, 6.45) is 0. The predicted octanol–water partition coefficient (Wildman–Crippen LogP) is 3.70. The second-order valence-electron chi connectivity index (χ2n) is 3.73. The normalized spacial score (nSPS) is 10.5. The maximum absolute atomic E-state index is 12.7. The van der Waals surface area contributed by atoms with Gasteiger partial charge in [-0.2, -0.15) is 0 Å². The van der Waals surface area contributed by atoms with Gasteiger partial charge in [0.2, 0.25) is 0 Å². The van der Waals surface area contributed by atoms with Gasteiger partial charge in [0.25, 0.3) is 0 Å². The van der Waals surface area contributed by atoms with E-state index < -0.39 is 0 Å². The van der Waals surface area contributed by atoms with E-state index >= 15 is 0 Å². The fraction of sp³-hybridized carbons (Fsp3) is 0.143. The van der Waals surface area contributed by atoms with Crippen LogP contribution in [0.2, 0.25) is 0 Å². The predicted molar refractivity (Wildman–Crippen MR) is 69.7 cm³/mol. The van der Waals surface area contributed by atoms with Crippen LogP contribution in [0.3, 0.4) is 0 Å². The van der Waals surface area contributed by atoms with E-state index in [1.807, 2.05) is 7.05 Å². The Hall–Kier alpha value is -1.32. The Morgan fingerprint density at radius 2 is 1.47 bits per heavy atom. The molecule has 0 aliphatic rings. The van der Waals surface area contributed by atoms with Crippen LogP contribution in [-0.4, -0.2) is 7.05 Å². The molecular formula is C14H14FNS. The van der Waals surface area contributed by atoms with Crippen LogP contribution in [0.4, 0.5) is 4.39 Å². The smallest absolute Gasteiger partial charge is 0.123 e. The number of rotatable bonds is 4. The molecule has 2 rings (SSSR count). The lowest BCUT2D eigenvalue weighted by molar-refractivity contribution is 0.626. The lowest BCUT2D eigenvalue weighted by Gasteiger charge is -2.03. The highest BCUT2D eigenvalue weighted by Crippen LogP contribution is 2.27. The molecule has 0 fully saturated rings. The Morgan fingerprint density at radius 1 is 0.941 bits per heavy atom. The van der Waals surface area contributed by atoms with Crippen molar-refractivity contribution in [2.45, 2.75) is 16.3 Å². The molecule has 0 aliphatic carbocycles. The number of nitrogens with one attached hydrogen (secondary N) is 1. The summed E-state index contributed by atoms with van der Waals surface area (Å²) in [5, 5.41) is 3.11. The number of benzene rings is 2. The van der Waals surface area contributed by atoms with E-state index in [0.29, 0.717) is 0 Å². The summed E-state index contributed by atoms with van der Waals surface area (Å²) in [4.78, 5) is 2.21. The average molecular weight is 247 g/mol. The van der Waals surface area contributed by atoms with Gasteiger partial charge in [0.15, 0.2) is 0 Å². The monoisotopic (exact) mass is 247 g/mol. The Labute approximate surface area is 105 Å². The van der Waals surface area contributed by atoms with Gasteiger partial charge in [0.05, 0.1) is 0 Å². The van der Waals surface area contributed by atoms with Crippen LogP contribution in [0.1, 0.15) is 5.56 Å². The maximum Gasteiger partial charge on any atom is 0.123 e. The number of hydrogen-bond donors (Lipinski definition) is 1. The van der Waals surface area contributed by atoms with E-state index in [1.165, 1.54) is 17.7 Å². The molecule has 2 aromatic carbocycles. The molecule has 3 heteroatoms. The highest BCUT2D eigenvalue weighted by atomic mass is 32.2. The molecule has 0 radical (unpaired) electrons. The Morgan fingerprint density at radius 3 is 2.00 bits per heavy atom. The van der Waals surface area contributed by atoms with Crippen molar-refractivity contribution >= 4 is 11.8 Å². The molecule has 0 amide bonds. The van der Waals surface area contributed by atoms with Gasteiger partial charge >= 0.3 is 0 Å². The number of hydrogen-bond acceptors (Lipinski definition) is 2. The van der Waals surface area contributed by atoms with Gasteiger partial charge in [-0.1, -0.05) is 23.9 Å². The molecule has 0 aromatic heterocycles. The zero-order valence-corrected chi connectivity index (χ0v) is 10.4. The standard InChI is InChI=1S/C14H14FNS/c1-16-10-11-2-6-13(7-3-11)17-14-8-4-12(15)5-9-14/h2-9,16H,10H2,1H3. The third-order valence-electron chi connectivity index (χ3n) is 2.35. The largest absolute Gasteiger partial charge is 0.316 e. The average Bonchev–Trinajstić information content (AvgIpc) is 2.35. The van der Waals surface area contributed by atoms with E-state index in [9.17, 15) is 4.39 Å². The maximum atomic E-state index is 12.7. The Kier molecular flexibility index (Phi) is 4.18. The highest BCUT2D eigenvalue weighted by molar-refractivity contribution is 7.99. The molecule has 0 heterocycles. The summed E-state index contributed by atoms with van der Waals surface area (Å²) in [5.41, 5.74) is 1.26. The van der Waals surface area contributed by atoms with Crippen LogP contribution in [0, 0.1) is 5.82 Å². The van der Waals surface area contributed by atoms with E-state index in [1.54, 1.807) is 23.9 Å². The van der Waals surface area contributed by atoms with Crippen molar-refractivity contribution in [3.05, 3.63) is 59.9 Å². The summed E-state index contributed by atoms with van der Waals surface area (Å²) in [5.74, 6) is -0.196.